The van der Waals surface area contributed by atoms with Crippen LogP contribution >= 0.6 is 11.6 Å². The number of alkyl halides is 1. The van der Waals surface area contributed by atoms with E-state index in [1.807, 2.05) is 12.2 Å². The van der Waals surface area contributed by atoms with E-state index in [-0.39, 0.29) is 0 Å². The topological polar surface area (TPSA) is 3.24 Å². The average molecular weight is 184 g/mol. The number of halogens is 1. The summed E-state index contributed by atoms with van der Waals surface area (Å²) in [4.78, 5) is 2.12. The molecule has 0 heterocycles. The highest BCUT2D eigenvalue weighted by atomic mass is 35.5. The molecule has 0 amide bonds. The van der Waals surface area contributed by atoms with Crippen LogP contribution in [-0.2, 0) is 0 Å². The van der Waals surface area contributed by atoms with Crippen molar-refractivity contribution in [3.8, 4) is 11.8 Å². The average Bonchev–Trinajstić information content (AvgIpc) is 2.06. The summed E-state index contributed by atoms with van der Waals surface area (Å²) in [6, 6.07) is 0. The predicted octanol–water partition coefficient (Wildman–Crippen LogP) is 1.90. The Morgan fingerprint density at radius 3 is 2.17 bits per heavy atom. The van der Waals surface area contributed by atoms with Gasteiger partial charge < -0.3 is 0 Å². The van der Waals surface area contributed by atoms with Crippen molar-refractivity contribution < 1.29 is 0 Å². The van der Waals surface area contributed by atoms with Gasteiger partial charge >= 0.3 is 0 Å². The summed E-state index contributed by atoms with van der Waals surface area (Å²) in [6.07, 6.45) is 3.71. The van der Waals surface area contributed by atoms with Gasteiger partial charge in [-0.25, -0.2) is 0 Å². The van der Waals surface area contributed by atoms with Crippen LogP contribution in [0.15, 0.2) is 25.3 Å². The summed E-state index contributed by atoms with van der Waals surface area (Å²) in [6.45, 7) is 9.72. The van der Waals surface area contributed by atoms with E-state index < -0.39 is 0 Å². The molecule has 0 rings (SSSR count). The molecule has 0 aromatic heterocycles. The molecule has 2 heteroatoms. The van der Waals surface area contributed by atoms with Crippen LogP contribution in [0.4, 0.5) is 0 Å². The molecule has 0 aromatic carbocycles. The molecule has 0 spiro atoms. The SMILES string of the molecule is C=CCN(CC#CCCl)CC=C. The predicted molar refractivity (Wildman–Crippen MR) is 55.3 cm³/mol. The van der Waals surface area contributed by atoms with Gasteiger partial charge in [0.2, 0.25) is 0 Å². The number of hydrogen-bond donors (Lipinski definition) is 0. The fraction of sp³-hybridized carbons (Fsp3) is 0.400. The molecule has 0 saturated carbocycles. The van der Waals surface area contributed by atoms with Crippen LogP contribution in [0.2, 0.25) is 0 Å². The van der Waals surface area contributed by atoms with Gasteiger partial charge in [0, 0.05) is 13.1 Å². The molecule has 12 heavy (non-hydrogen) atoms. The van der Waals surface area contributed by atoms with E-state index in [4.69, 9.17) is 11.6 Å². The first-order chi connectivity index (χ1) is 5.85. The number of nitrogens with zero attached hydrogens (tertiary/aromatic N) is 1. The second-order valence-corrected chi connectivity index (χ2v) is 2.53. The quantitative estimate of drug-likeness (QED) is 0.358. The van der Waals surface area contributed by atoms with Crippen molar-refractivity contribution in [2.24, 2.45) is 0 Å². The van der Waals surface area contributed by atoms with Crippen LogP contribution in [0.3, 0.4) is 0 Å². The van der Waals surface area contributed by atoms with Crippen molar-refractivity contribution >= 4 is 11.6 Å². The lowest BCUT2D eigenvalue weighted by molar-refractivity contribution is 0.379. The highest BCUT2D eigenvalue weighted by Crippen LogP contribution is 1.87. The molecule has 1 nitrogen and oxygen atoms in total. The first-order valence-electron chi connectivity index (χ1n) is 3.81. The zero-order valence-electron chi connectivity index (χ0n) is 7.22. The molecular formula is C10H14ClN. The lowest BCUT2D eigenvalue weighted by Crippen LogP contribution is -2.24. The van der Waals surface area contributed by atoms with Crippen LogP contribution in [0, 0.1) is 11.8 Å². The van der Waals surface area contributed by atoms with Gasteiger partial charge in [-0.1, -0.05) is 24.0 Å². The first kappa shape index (κ1) is 11.3. The third kappa shape index (κ3) is 6.03. The third-order valence-electron chi connectivity index (χ3n) is 1.27. The molecule has 0 aliphatic rings. The number of hydrogen-bond acceptors (Lipinski definition) is 1. The summed E-state index contributed by atoms with van der Waals surface area (Å²) >= 11 is 5.41. The van der Waals surface area contributed by atoms with Crippen LogP contribution in [0.1, 0.15) is 0 Å². The number of rotatable bonds is 5. The molecule has 0 aliphatic heterocycles. The molecular weight excluding hydrogens is 170 g/mol. The molecule has 0 saturated heterocycles. The lowest BCUT2D eigenvalue weighted by Gasteiger charge is -2.14. The maximum absolute atomic E-state index is 5.41. The van der Waals surface area contributed by atoms with E-state index in [2.05, 4.69) is 29.9 Å². The van der Waals surface area contributed by atoms with E-state index in [0.29, 0.717) is 5.88 Å². The maximum atomic E-state index is 5.41. The molecule has 0 atom stereocenters. The minimum absolute atomic E-state index is 0.399. The van der Waals surface area contributed by atoms with E-state index in [0.717, 1.165) is 19.6 Å². The zero-order valence-corrected chi connectivity index (χ0v) is 7.98. The van der Waals surface area contributed by atoms with Crippen molar-refractivity contribution in [3.63, 3.8) is 0 Å². The van der Waals surface area contributed by atoms with Crippen LogP contribution in [0.5, 0.6) is 0 Å². The van der Waals surface area contributed by atoms with Gasteiger partial charge in [0.15, 0.2) is 0 Å². The van der Waals surface area contributed by atoms with Crippen LogP contribution in [0.25, 0.3) is 0 Å². The van der Waals surface area contributed by atoms with Crippen molar-refractivity contribution in [3.05, 3.63) is 25.3 Å². The van der Waals surface area contributed by atoms with Gasteiger partial charge in [0.05, 0.1) is 12.4 Å². The second-order valence-electron chi connectivity index (χ2n) is 2.26. The highest BCUT2D eigenvalue weighted by Gasteiger charge is 1.95. The Kier molecular flexibility index (Phi) is 7.89. The fourth-order valence-corrected chi connectivity index (χ4v) is 0.878. The molecule has 66 valence electrons. The van der Waals surface area contributed by atoms with Crippen molar-refractivity contribution in [2.45, 2.75) is 0 Å². The van der Waals surface area contributed by atoms with Gasteiger partial charge in [0.25, 0.3) is 0 Å². The Hall–Kier alpha value is -0.710. The van der Waals surface area contributed by atoms with Crippen LogP contribution < -0.4 is 0 Å². The van der Waals surface area contributed by atoms with E-state index in [9.17, 15) is 0 Å². The largest absolute Gasteiger partial charge is 0.285 e. The van der Waals surface area contributed by atoms with Crippen LogP contribution in [-0.4, -0.2) is 30.4 Å². The standard InChI is InChI=1S/C10H14ClN/c1-3-8-12(9-4-2)10-6-5-7-11/h3-4H,1-2,7-10H2. The second kappa shape index (κ2) is 8.39. The van der Waals surface area contributed by atoms with E-state index in [1.165, 1.54) is 0 Å². The normalized spacial score (nSPS) is 8.83. The van der Waals surface area contributed by atoms with Crippen molar-refractivity contribution in [1.82, 2.24) is 4.90 Å². The Morgan fingerprint density at radius 2 is 1.75 bits per heavy atom. The minimum atomic E-state index is 0.399. The Balaban J connectivity index is 3.76. The fourth-order valence-electron chi connectivity index (χ4n) is 0.784. The molecule has 0 aliphatic carbocycles. The molecule has 0 bridgehead atoms. The minimum Gasteiger partial charge on any atom is -0.285 e. The molecule has 0 N–H and O–H groups in total. The van der Waals surface area contributed by atoms with Gasteiger partial charge in [-0.15, -0.1) is 24.8 Å². The molecule has 0 unspecified atom stereocenters. The zero-order chi connectivity index (χ0) is 9.23. The summed E-state index contributed by atoms with van der Waals surface area (Å²) in [7, 11) is 0. The summed E-state index contributed by atoms with van der Waals surface area (Å²) < 4.78 is 0. The summed E-state index contributed by atoms with van der Waals surface area (Å²) in [5.74, 6) is 6.15. The Labute approximate surface area is 79.7 Å². The van der Waals surface area contributed by atoms with Gasteiger partial charge in [-0.05, 0) is 0 Å². The highest BCUT2D eigenvalue weighted by molar-refractivity contribution is 6.19. The third-order valence-corrected chi connectivity index (χ3v) is 1.40. The molecule has 0 aromatic rings. The first-order valence-corrected chi connectivity index (χ1v) is 4.34. The lowest BCUT2D eigenvalue weighted by atomic mass is 10.4. The maximum Gasteiger partial charge on any atom is 0.0835 e. The Morgan fingerprint density at radius 1 is 1.17 bits per heavy atom. The summed E-state index contributed by atoms with van der Waals surface area (Å²) in [5, 5.41) is 0. The van der Waals surface area contributed by atoms with Gasteiger partial charge in [0.1, 0.15) is 0 Å². The van der Waals surface area contributed by atoms with Crippen molar-refractivity contribution in [1.29, 1.82) is 0 Å². The van der Waals surface area contributed by atoms with Crippen molar-refractivity contribution in [2.75, 3.05) is 25.5 Å². The molecule has 0 radical (unpaired) electrons. The van der Waals surface area contributed by atoms with E-state index in [1.54, 1.807) is 0 Å². The monoisotopic (exact) mass is 183 g/mol. The van der Waals surface area contributed by atoms with Gasteiger partial charge in [-0.3, -0.25) is 4.90 Å². The summed E-state index contributed by atoms with van der Waals surface area (Å²) in [5.41, 5.74) is 0. The molecule has 0 fully saturated rings. The van der Waals surface area contributed by atoms with Gasteiger partial charge in [-0.2, -0.15) is 0 Å². The van der Waals surface area contributed by atoms with E-state index >= 15 is 0 Å². The smallest absolute Gasteiger partial charge is 0.0835 e. The Bertz CT molecular complexity index is 178.